The maximum absolute atomic E-state index is 13.0. The minimum absolute atomic E-state index is 0.121. The first-order valence-corrected chi connectivity index (χ1v) is 9.66. The van der Waals surface area contributed by atoms with E-state index in [2.05, 4.69) is 26.0 Å². The van der Waals surface area contributed by atoms with Gasteiger partial charge in [0.25, 0.3) is 0 Å². The Morgan fingerprint density at radius 2 is 1.52 bits per heavy atom. The fourth-order valence-corrected chi connectivity index (χ4v) is 5.99. The van der Waals surface area contributed by atoms with Gasteiger partial charge in [0.2, 0.25) is 0 Å². The van der Waals surface area contributed by atoms with Crippen molar-refractivity contribution < 1.29 is 9.18 Å². The number of Topliss-reactive ketones (excluding diaryl/α,β-unsaturated/α-hetero) is 1. The Morgan fingerprint density at radius 3 is 2.05 bits per heavy atom. The third-order valence-electron chi connectivity index (χ3n) is 4.13. The number of hydrogen-bond donors (Lipinski definition) is 0. The quantitative estimate of drug-likeness (QED) is 0.571. The Kier molecular flexibility index (Phi) is 5.25. The second-order valence-corrected chi connectivity index (χ2v) is 9.59. The van der Waals surface area contributed by atoms with Crippen LogP contribution < -0.4 is 5.30 Å². The Morgan fingerprint density at radius 1 is 0.952 bits per heavy atom. The zero-order valence-electron chi connectivity index (χ0n) is 12.6. The van der Waals surface area contributed by atoms with Crippen LogP contribution in [-0.2, 0) is 0 Å². The zero-order chi connectivity index (χ0) is 15.3. The SMILES string of the molecule is CC[P+](CC)(CC(=O)c1ccc(F)cc1)c1ccccc1. The largest absolute Gasteiger partial charge is 0.290 e. The zero-order valence-corrected chi connectivity index (χ0v) is 13.4. The van der Waals surface area contributed by atoms with E-state index in [-0.39, 0.29) is 11.6 Å². The highest BCUT2D eigenvalue weighted by molar-refractivity contribution is 7.83. The van der Waals surface area contributed by atoms with Crippen molar-refractivity contribution in [2.24, 2.45) is 0 Å². The van der Waals surface area contributed by atoms with Crippen LogP contribution >= 0.6 is 7.26 Å². The molecule has 0 fully saturated rings. The average Bonchev–Trinajstić information content (AvgIpc) is 2.54. The first-order chi connectivity index (χ1) is 10.1. The van der Waals surface area contributed by atoms with E-state index in [1.165, 1.54) is 17.4 Å². The molecule has 2 rings (SSSR count). The third kappa shape index (κ3) is 3.57. The molecule has 2 aromatic rings. The van der Waals surface area contributed by atoms with Crippen LogP contribution in [0.1, 0.15) is 24.2 Å². The van der Waals surface area contributed by atoms with Crippen molar-refractivity contribution in [1.82, 2.24) is 0 Å². The Hall–Kier alpha value is -1.53. The Balaban J connectivity index is 2.28. The predicted molar refractivity (Wildman–Crippen MR) is 89.7 cm³/mol. The van der Waals surface area contributed by atoms with E-state index in [4.69, 9.17) is 0 Å². The molecule has 2 aromatic carbocycles. The summed E-state index contributed by atoms with van der Waals surface area (Å²) < 4.78 is 13.0. The van der Waals surface area contributed by atoms with Crippen molar-refractivity contribution in [1.29, 1.82) is 0 Å². The summed E-state index contributed by atoms with van der Waals surface area (Å²) in [6, 6.07) is 16.2. The first kappa shape index (κ1) is 15.9. The van der Waals surface area contributed by atoms with Crippen molar-refractivity contribution in [2.45, 2.75) is 13.8 Å². The van der Waals surface area contributed by atoms with Crippen molar-refractivity contribution >= 4 is 18.4 Å². The molecule has 0 unspecified atom stereocenters. The molecule has 0 heterocycles. The number of hydrogen-bond acceptors (Lipinski definition) is 1. The lowest BCUT2D eigenvalue weighted by atomic mass is 10.1. The lowest BCUT2D eigenvalue weighted by Crippen LogP contribution is -2.23. The monoisotopic (exact) mass is 303 g/mol. The molecule has 0 bridgehead atoms. The average molecular weight is 303 g/mol. The highest BCUT2D eigenvalue weighted by Crippen LogP contribution is 2.57. The molecule has 0 atom stereocenters. The van der Waals surface area contributed by atoms with Crippen LogP contribution in [0.25, 0.3) is 0 Å². The van der Waals surface area contributed by atoms with E-state index in [1.807, 2.05) is 18.2 Å². The molecule has 0 aliphatic heterocycles. The molecule has 110 valence electrons. The van der Waals surface area contributed by atoms with Gasteiger partial charge in [-0.3, -0.25) is 4.79 Å². The van der Waals surface area contributed by atoms with E-state index < -0.39 is 7.26 Å². The highest BCUT2D eigenvalue weighted by atomic mass is 31.2. The number of halogens is 1. The lowest BCUT2D eigenvalue weighted by Gasteiger charge is -2.24. The lowest BCUT2D eigenvalue weighted by molar-refractivity contribution is 0.102. The summed E-state index contributed by atoms with van der Waals surface area (Å²) >= 11 is 0. The maximum atomic E-state index is 13.0. The van der Waals surface area contributed by atoms with Gasteiger partial charge in [-0.15, -0.1) is 0 Å². The number of rotatable bonds is 6. The van der Waals surface area contributed by atoms with Crippen LogP contribution in [0.15, 0.2) is 54.6 Å². The minimum atomic E-state index is -1.49. The van der Waals surface area contributed by atoms with Gasteiger partial charge in [0, 0.05) is 5.56 Å². The van der Waals surface area contributed by atoms with Crippen LogP contribution in [0.2, 0.25) is 0 Å². The van der Waals surface area contributed by atoms with Crippen molar-refractivity contribution in [3.05, 3.63) is 66.0 Å². The van der Waals surface area contributed by atoms with Gasteiger partial charge < -0.3 is 0 Å². The number of benzene rings is 2. The van der Waals surface area contributed by atoms with Gasteiger partial charge in [-0.25, -0.2) is 4.39 Å². The van der Waals surface area contributed by atoms with Crippen LogP contribution in [0.5, 0.6) is 0 Å². The van der Waals surface area contributed by atoms with E-state index in [0.717, 1.165) is 12.3 Å². The van der Waals surface area contributed by atoms with Gasteiger partial charge in [-0.1, -0.05) is 18.2 Å². The molecule has 0 aromatic heterocycles. The highest BCUT2D eigenvalue weighted by Gasteiger charge is 2.38. The van der Waals surface area contributed by atoms with Gasteiger partial charge in [-0.2, -0.15) is 0 Å². The summed E-state index contributed by atoms with van der Waals surface area (Å²) in [5.74, 6) is -0.183. The van der Waals surface area contributed by atoms with Crippen LogP contribution in [0.4, 0.5) is 4.39 Å². The summed E-state index contributed by atoms with van der Waals surface area (Å²) in [5.41, 5.74) is 0.610. The molecule has 0 spiro atoms. The van der Waals surface area contributed by atoms with Gasteiger partial charge in [0.1, 0.15) is 12.0 Å². The summed E-state index contributed by atoms with van der Waals surface area (Å²) in [6.07, 6.45) is 2.59. The van der Waals surface area contributed by atoms with Crippen LogP contribution in [0.3, 0.4) is 0 Å². The Bertz CT molecular complexity index is 588. The van der Waals surface area contributed by atoms with Crippen molar-refractivity contribution in [3.63, 3.8) is 0 Å². The summed E-state index contributed by atoms with van der Waals surface area (Å²) in [7, 11) is -1.49. The van der Waals surface area contributed by atoms with E-state index in [1.54, 1.807) is 12.1 Å². The number of ketones is 1. The smallest absolute Gasteiger partial charge is 0.200 e. The molecule has 0 amide bonds. The predicted octanol–water partition coefficient (Wildman–Crippen LogP) is 4.39. The standard InChI is InChI=1S/C18H21FOP/c1-3-21(4-2,17-8-6-5-7-9-17)14-18(20)15-10-12-16(19)13-11-15/h5-13H,3-4,14H2,1-2H3/q+1. The van der Waals surface area contributed by atoms with Gasteiger partial charge >= 0.3 is 0 Å². The van der Waals surface area contributed by atoms with Crippen molar-refractivity contribution in [2.75, 3.05) is 18.5 Å². The third-order valence-corrected chi connectivity index (χ3v) is 8.83. The molecule has 0 N–H and O–H groups in total. The van der Waals surface area contributed by atoms with Gasteiger partial charge in [-0.05, 0) is 50.2 Å². The van der Waals surface area contributed by atoms with E-state index in [9.17, 15) is 9.18 Å². The summed E-state index contributed by atoms with van der Waals surface area (Å²) in [6.45, 7) is 4.34. The maximum Gasteiger partial charge on any atom is 0.200 e. The van der Waals surface area contributed by atoms with Crippen LogP contribution in [-0.4, -0.2) is 24.3 Å². The molecular formula is C18H21FOP+. The molecule has 21 heavy (non-hydrogen) atoms. The molecule has 1 nitrogen and oxygen atoms in total. The number of carbonyl (C=O) groups excluding carboxylic acids is 1. The molecule has 3 heteroatoms. The second-order valence-electron chi connectivity index (χ2n) is 5.20. The molecular weight excluding hydrogens is 282 g/mol. The molecule has 0 aliphatic rings. The molecule has 0 saturated heterocycles. The van der Waals surface area contributed by atoms with Gasteiger partial charge in [0.15, 0.2) is 5.78 Å². The van der Waals surface area contributed by atoms with E-state index in [0.29, 0.717) is 11.7 Å². The summed E-state index contributed by atoms with van der Waals surface area (Å²) in [4.78, 5) is 12.6. The summed E-state index contributed by atoms with van der Waals surface area (Å²) in [5, 5.41) is 1.31. The molecule has 0 radical (unpaired) electrons. The first-order valence-electron chi connectivity index (χ1n) is 7.32. The molecule has 0 saturated carbocycles. The minimum Gasteiger partial charge on any atom is -0.290 e. The topological polar surface area (TPSA) is 17.1 Å². The fraction of sp³-hybridized carbons (Fsp3) is 0.278. The Labute approximate surface area is 126 Å². The van der Waals surface area contributed by atoms with Gasteiger partial charge in [0.05, 0.1) is 24.9 Å². The van der Waals surface area contributed by atoms with Crippen molar-refractivity contribution in [3.8, 4) is 0 Å². The number of carbonyl (C=O) groups is 1. The second kappa shape index (κ2) is 6.95. The normalized spacial score (nSPS) is 11.4. The van der Waals surface area contributed by atoms with Crippen LogP contribution in [0, 0.1) is 5.82 Å². The molecule has 0 aliphatic carbocycles. The van der Waals surface area contributed by atoms with E-state index >= 15 is 0 Å². The fourth-order valence-electron chi connectivity index (χ4n) is 2.65.